The first kappa shape index (κ1) is 15.3. The summed E-state index contributed by atoms with van der Waals surface area (Å²) in [5, 5.41) is 14.9. The van der Waals surface area contributed by atoms with Crippen LogP contribution in [0.4, 0.5) is 5.13 Å². The molecule has 6 nitrogen and oxygen atoms in total. The van der Waals surface area contributed by atoms with Crippen LogP contribution in [0.1, 0.15) is 18.2 Å². The van der Waals surface area contributed by atoms with Gasteiger partial charge in [0.2, 0.25) is 5.13 Å². The molecule has 0 radical (unpaired) electrons. The molecule has 1 unspecified atom stereocenters. The van der Waals surface area contributed by atoms with Crippen LogP contribution in [0, 0.1) is 6.92 Å². The Labute approximate surface area is 127 Å². The highest BCUT2D eigenvalue weighted by atomic mass is 32.2. The van der Waals surface area contributed by atoms with Crippen molar-refractivity contribution in [3.8, 4) is 0 Å². The Bertz CT molecular complexity index is 587. The summed E-state index contributed by atoms with van der Waals surface area (Å²) in [6.07, 6.45) is 0.821. The zero-order valence-corrected chi connectivity index (χ0v) is 14.0. The van der Waals surface area contributed by atoms with E-state index in [1.165, 1.54) is 5.56 Å². The topological polar surface area (TPSA) is 72.9 Å². The van der Waals surface area contributed by atoms with Gasteiger partial charge in [0, 0.05) is 32.7 Å². The van der Waals surface area contributed by atoms with E-state index in [-0.39, 0.29) is 6.04 Å². The first-order chi connectivity index (χ1) is 9.38. The highest BCUT2D eigenvalue weighted by molar-refractivity contribution is 8.01. The molecule has 0 aliphatic rings. The molecule has 0 aromatic carbocycles. The van der Waals surface area contributed by atoms with Crippen molar-refractivity contribution in [2.24, 2.45) is 12.8 Å². The molecule has 0 bridgehead atoms. The minimum absolute atomic E-state index is 0.115. The number of nitrogens with zero attached hydrogens (tertiary/aromatic N) is 5. The second-order valence-electron chi connectivity index (χ2n) is 5.02. The number of aryl methyl sites for hydroxylation is 2. The van der Waals surface area contributed by atoms with E-state index in [1.807, 2.05) is 44.6 Å². The summed E-state index contributed by atoms with van der Waals surface area (Å²) >= 11 is 3.18. The zero-order chi connectivity index (χ0) is 14.9. The van der Waals surface area contributed by atoms with Crippen LogP contribution >= 0.6 is 23.1 Å². The molecule has 0 saturated heterocycles. The molecule has 8 heteroatoms. The largest absolute Gasteiger partial charge is 0.353 e. The second kappa shape index (κ2) is 6.11. The molecule has 0 fully saturated rings. The Morgan fingerprint density at radius 3 is 2.65 bits per heavy atom. The van der Waals surface area contributed by atoms with Crippen LogP contribution in [0.15, 0.2) is 9.37 Å². The first-order valence-corrected chi connectivity index (χ1v) is 7.98. The Kier molecular flexibility index (Phi) is 4.66. The van der Waals surface area contributed by atoms with Crippen LogP contribution in [-0.2, 0) is 13.5 Å². The van der Waals surface area contributed by atoms with Crippen molar-refractivity contribution in [1.82, 2.24) is 20.0 Å². The van der Waals surface area contributed by atoms with Gasteiger partial charge >= 0.3 is 0 Å². The van der Waals surface area contributed by atoms with E-state index in [0.717, 1.165) is 26.6 Å². The van der Waals surface area contributed by atoms with E-state index in [0.29, 0.717) is 0 Å². The molecule has 2 rings (SSSR count). The van der Waals surface area contributed by atoms with Gasteiger partial charge in [-0.05, 0) is 32.0 Å². The molecule has 1 atom stereocenters. The van der Waals surface area contributed by atoms with Crippen LogP contribution in [0.3, 0.4) is 0 Å². The van der Waals surface area contributed by atoms with Crippen LogP contribution < -0.4 is 10.6 Å². The molecule has 2 aromatic rings. The van der Waals surface area contributed by atoms with Crippen LogP contribution in [0.5, 0.6) is 0 Å². The maximum absolute atomic E-state index is 5.93. The van der Waals surface area contributed by atoms with Crippen molar-refractivity contribution >= 4 is 28.2 Å². The smallest absolute Gasteiger partial charge is 0.208 e. The van der Waals surface area contributed by atoms with Gasteiger partial charge < -0.3 is 10.6 Å². The van der Waals surface area contributed by atoms with Crippen LogP contribution in [0.2, 0.25) is 0 Å². The average molecular weight is 312 g/mol. The third kappa shape index (κ3) is 3.31. The van der Waals surface area contributed by atoms with E-state index >= 15 is 0 Å². The highest BCUT2D eigenvalue weighted by Crippen LogP contribution is 2.35. The third-order valence-electron chi connectivity index (χ3n) is 2.78. The first-order valence-electron chi connectivity index (χ1n) is 6.35. The van der Waals surface area contributed by atoms with Gasteiger partial charge in [-0.2, -0.15) is 5.10 Å². The summed E-state index contributed by atoms with van der Waals surface area (Å²) in [5.41, 5.74) is 8.17. The third-order valence-corrected chi connectivity index (χ3v) is 5.12. The number of anilines is 1. The van der Waals surface area contributed by atoms with E-state index in [9.17, 15) is 0 Å². The average Bonchev–Trinajstić information content (AvgIpc) is 2.89. The molecule has 0 aliphatic carbocycles. The fourth-order valence-electron chi connectivity index (χ4n) is 1.87. The van der Waals surface area contributed by atoms with Crippen molar-refractivity contribution in [1.29, 1.82) is 0 Å². The molecule has 2 heterocycles. The van der Waals surface area contributed by atoms with E-state index in [4.69, 9.17) is 5.73 Å². The Morgan fingerprint density at radius 1 is 1.40 bits per heavy atom. The number of aromatic nitrogens is 4. The molecule has 0 spiro atoms. The van der Waals surface area contributed by atoms with Gasteiger partial charge in [0.25, 0.3) is 0 Å². The molecule has 2 N–H and O–H groups in total. The lowest BCUT2D eigenvalue weighted by Gasteiger charge is -2.07. The van der Waals surface area contributed by atoms with Crippen molar-refractivity contribution in [2.75, 3.05) is 19.0 Å². The van der Waals surface area contributed by atoms with Crippen molar-refractivity contribution in [2.45, 2.75) is 35.7 Å². The van der Waals surface area contributed by atoms with Gasteiger partial charge in [0.05, 0.1) is 5.69 Å². The fraction of sp³-hybridized carbons (Fsp3) is 0.583. The number of nitrogens with two attached hydrogens (primary N) is 1. The quantitative estimate of drug-likeness (QED) is 0.905. The van der Waals surface area contributed by atoms with Crippen molar-refractivity contribution < 1.29 is 0 Å². The SMILES string of the molecule is Cc1nn(C)c(Sc2nnc(N(C)C)s2)c1CC(C)N. The summed E-state index contributed by atoms with van der Waals surface area (Å²) in [6, 6.07) is 0.115. The second-order valence-corrected chi connectivity index (χ2v) is 7.21. The van der Waals surface area contributed by atoms with Gasteiger partial charge in [0.15, 0.2) is 4.34 Å². The predicted molar refractivity (Wildman–Crippen MR) is 83.7 cm³/mol. The van der Waals surface area contributed by atoms with Gasteiger partial charge in [-0.3, -0.25) is 4.68 Å². The van der Waals surface area contributed by atoms with E-state index < -0.39 is 0 Å². The molecule has 110 valence electrons. The van der Waals surface area contributed by atoms with Crippen LogP contribution in [0.25, 0.3) is 0 Å². The lowest BCUT2D eigenvalue weighted by atomic mass is 10.1. The van der Waals surface area contributed by atoms with Gasteiger partial charge in [-0.25, -0.2) is 0 Å². The van der Waals surface area contributed by atoms with Gasteiger partial charge in [-0.15, -0.1) is 10.2 Å². The monoisotopic (exact) mass is 312 g/mol. The normalized spacial score (nSPS) is 12.7. The Morgan fingerprint density at radius 2 is 2.10 bits per heavy atom. The van der Waals surface area contributed by atoms with E-state index in [2.05, 4.69) is 15.3 Å². The molecule has 0 saturated carbocycles. The maximum Gasteiger partial charge on any atom is 0.208 e. The van der Waals surface area contributed by atoms with E-state index in [1.54, 1.807) is 23.1 Å². The lowest BCUT2D eigenvalue weighted by Crippen LogP contribution is -2.18. The molecule has 0 aliphatic heterocycles. The van der Waals surface area contributed by atoms with Crippen molar-refractivity contribution in [3.05, 3.63) is 11.3 Å². The molecular formula is C12H20N6S2. The zero-order valence-electron chi connectivity index (χ0n) is 12.4. The molecular weight excluding hydrogens is 292 g/mol. The number of hydrogen-bond donors (Lipinski definition) is 1. The maximum atomic E-state index is 5.93. The minimum atomic E-state index is 0.115. The summed E-state index contributed by atoms with van der Waals surface area (Å²) in [6.45, 7) is 4.03. The predicted octanol–water partition coefficient (Wildman–Crippen LogP) is 1.69. The summed E-state index contributed by atoms with van der Waals surface area (Å²) < 4.78 is 2.82. The van der Waals surface area contributed by atoms with Gasteiger partial charge in [0.1, 0.15) is 5.03 Å². The Hall–Kier alpha value is -1.12. The molecule has 20 heavy (non-hydrogen) atoms. The number of rotatable bonds is 5. The number of hydrogen-bond acceptors (Lipinski definition) is 7. The standard InChI is InChI=1S/C12H20N6S2/c1-7(13)6-9-8(2)16-18(5)10(9)19-12-15-14-11(20-12)17(3)4/h7H,6,13H2,1-5H3. The minimum Gasteiger partial charge on any atom is -0.353 e. The fourth-order valence-corrected chi connectivity index (χ4v) is 3.78. The highest BCUT2D eigenvalue weighted by Gasteiger charge is 2.18. The summed E-state index contributed by atoms with van der Waals surface area (Å²) in [4.78, 5) is 1.96. The summed E-state index contributed by atoms with van der Waals surface area (Å²) in [7, 11) is 5.88. The Balaban J connectivity index is 2.27. The van der Waals surface area contributed by atoms with Gasteiger partial charge in [-0.1, -0.05) is 11.3 Å². The molecule has 2 aromatic heterocycles. The van der Waals surface area contributed by atoms with Crippen LogP contribution in [-0.4, -0.2) is 40.1 Å². The lowest BCUT2D eigenvalue weighted by molar-refractivity contribution is 0.677. The summed E-state index contributed by atoms with van der Waals surface area (Å²) in [5.74, 6) is 0. The molecule has 0 amide bonds. The van der Waals surface area contributed by atoms with Crippen molar-refractivity contribution in [3.63, 3.8) is 0 Å².